The van der Waals surface area contributed by atoms with Crippen molar-refractivity contribution in [3.63, 3.8) is 0 Å². The molecule has 4 nitrogen and oxygen atoms in total. The minimum absolute atomic E-state index is 0.599. The van der Waals surface area contributed by atoms with Gasteiger partial charge in [0.05, 0.1) is 5.69 Å². The minimum atomic E-state index is 0.599. The molecule has 0 amide bonds. The minimum Gasteiger partial charge on any atom is -0.456 e. The van der Waals surface area contributed by atoms with E-state index < -0.39 is 0 Å². The number of hydrogen-bond donors (Lipinski definition) is 0. The zero-order chi connectivity index (χ0) is 36.3. The highest BCUT2D eigenvalue weighted by Crippen LogP contribution is 2.44. The molecule has 11 aromatic rings. The van der Waals surface area contributed by atoms with Crippen molar-refractivity contribution in [3.05, 3.63) is 194 Å². The van der Waals surface area contributed by atoms with E-state index in [0.29, 0.717) is 11.5 Å². The van der Waals surface area contributed by atoms with Crippen molar-refractivity contribution in [3.8, 4) is 33.7 Å². The summed E-state index contributed by atoms with van der Waals surface area (Å²) >= 11 is 0. The first-order valence-electron chi connectivity index (χ1n) is 18.5. The Morgan fingerprint density at radius 2 is 1.05 bits per heavy atom. The highest BCUT2D eigenvalue weighted by molar-refractivity contribution is 6.15. The Labute approximate surface area is 317 Å². The Morgan fingerprint density at radius 3 is 1.91 bits per heavy atom. The average molecular weight is 705 g/mol. The van der Waals surface area contributed by atoms with Crippen molar-refractivity contribution < 1.29 is 8.83 Å². The van der Waals surface area contributed by atoms with Crippen molar-refractivity contribution in [2.45, 2.75) is 0 Å². The SMILES string of the molecule is c1ccc(-c2nc3cc4c(cc3o2)oc2cccc(-c3ccc(N(c5ccc6c(ccc7ccccc76)c5)c5ccccc5-c5ccccc5)cc3)c24)cc1. The third-order valence-corrected chi connectivity index (χ3v) is 10.7. The monoisotopic (exact) mass is 704 g/mol. The van der Waals surface area contributed by atoms with Crippen LogP contribution in [0.25, 0.3) is 88.3 Å². The van der Waals surface area contributed by atoms with Gasteiger partial charge in [0.2, 0.25) is 5.89 Å². The maximum absolute atomic E-state index is 6.44. The molecule has 0 bridgehead atoms. The van der Waals surface area contributed by atoms with Crippen molar-refractivity contribution >= 4 is 71.6 Å². The molecule has 0 saturated heterocycles. The lowest BCUT2D eigenvalue weighted by atomic mass is 9.98. The fraction of sp³-hybridized carbons (Fsp3) is 0. The van der Waals surface area contributed by atoms with Gasteiger partial charge < -0.3 is 13.7 Å². The van der Waals surface area contributed by atoms with Crippen LogP contribution in [-0.4, -0.2) is 4.98 Å². The van der Waals surface area contributed by atoms with Crippen LogP contribution >= 0.6 is 0 Å². The second-order valence-corrected chi connectivity index (χ2v) is 13.9. The molecule has 55 heavy (non-hydrogen) atoms. The molecule has 258 valence electrons. The van der Waals surface area contributed by atoms with Gasteiger partial charge >= 0.3 is 0 Å². The van der Waals surface area contributed by atoms with Gasteiger partial charge in [-0.1, -0.05) is 133 Å². The summed E-state index contributed by atoms with van der Waals surface area (Å²) in [6, 6.07) is 68.4. The molecule has 11 rings (SSSR count). The maximum atomic E-state index is 6.44. The molecular formula is C51H32N2O2. The number of anilines is 3. The van der Waals surface area contributed by atoms with Gasteiger partial charge in [0, 0.05) is 39.3 Å². The van der Waals surface area contributed by atoms with E-state index in [1.165, 1.54) is 27.1 Å². The Morgan fingerprint density at radius 1 is 0.382 bits per heavy atom. The summed E-state index contributed by atoms with van der Waals surface area (Å²) in [4.78, 5) is 7.23. The highest BCUT2D eigenvalue weighted by atomic mass is 16.4. The van der Waals surface area contributed by atoms with Crippen LogP contribution in [0.1, 0.15) is 0 Å². The molecular weight excluding hydrogens is 673 g/mol. The van der Waals surface area contributed by atoms with E-state index in [1.54, 1.807) is 0 Å². The normalized spacial score (nSPS) is 11.6. The van der Waals surface area contributed by atoms with E-state index in [4.69, 9.17) is 13.8 Å². The van der Waals surface area contributed by atoms with Gasteiger partial charge in [-0.3, -0.25) is 0 Å². The molecule has 0 aliphatic rings. The molecule has 2 aromatic heterocycles. The first-order valence-corrected chi connectivity index (χ1v) is 18.5. The zero-order valence-electron chi connectivity index (χ0n) is 29.7. The molecule has 0 aliphatic heterocycles. The molecule has 4 heteroatoms. The molecule has 0 N–H and O–H groups in total. The summed E-state index contributed by atoms with van der Waals surface area (Å²) in [6.45, 7) is 0. The van der Waals surface area contributed by atoms with Crippen LogP contribution in [0.15, 0.2) is 203 Å². The first-order chi connectivity index (χ1) is 27.2. The number of rotatable bonds is 6. The zero-order valence-corrected chi connectivity index (χ0v) is 29.7. The lowest BCUT2D eigenvalue weighted by Crippen LogP contribution is -2.11. The number of oxazole rings is 1. The van der Waals surface area contributed by atoms with Crippen LogP contribution in [0.5, 0.6) is 0 Å². The third kappa shape index (κ3) is 5.26. The van der Waals surface area contributed by atoms with Gasteiger partial charge in [-0.2, -0.15) is 0 Å². The van der Waals surface area contributed by atoms with Crippen LogP contribution in [0.3, 0.4) is 0 Å². The van der Waals surface area contributed by atoms with Crippen molar-refractivity contribution in [1.29, 1.82) is 0 Å². The molecule has 0 atom stereocenters. The molecule has 2 heterocycles. The van der Waals surface area contributed by atoms with Gasteiger partial charge in [0.25, 0.3) is 0 Å². The summed E-state index contributed by atoms with van der Waals surface area (Å²) in [6.07, 6.45) is 0. The van der Waals surface area contributed by atoms with E-state index in [9.17, 15) is 0 Å². The Kier molecular flexibility index (Phi) is 7.14. The average Bonchev–Trinajstić information content (AvgIpc) is 3.84. The second kappa shape index (κ2) is 12.6. The predicted octanol–water partition coefficient (Wildman–Crippen LogP) is 14.5. The maximum Gasteiger partial charge on any atom is 0.227 e. The molecule has 0 radical (unpaired) electrons. The lowest BCUT2D eigenvalue weighted by Gasteiger charge is -2.28. The summed E-state index contributed by atoms with van der Waals surface area (Å²) < 4.78 is 12.6. The quantitative estimate of drug-likeness (QED) is 0.162. The van der Waals surface area contributed by atoms with Crippen LogP contribution in [0.2, 0.25) is 0 Å². The van der Waals surface area contributed by atoms with Crippen LogP contribution in [0, 0.1) is 0 Å². The third-order valence-electron chi connectivity index (χ3n) is 10.7. The Balaban J connectivity index is 1.05. The molecule has 0 unspecified atom stereocenters. The molecule has 0 aliphatic carbocycles. The van der Waals surface area contributed by atoms with Gasteiger partial charge in [0.1, 0.15) is 16.7 Å². The van der Waals surface area contributed by atoms with Gasteiger partial charge in [-0.25, -0.2) is 4.98 Å². The smallest absolute Gasteiger partial charge is 0.227 e. The van der Waals surface area contributed by atoms with Crippen molar-refractivity contribution in [2.24, 2.45) is 0 Å². The van der Waals surface area contributed by atoms with Gasteiger partial charge in [-0.05, 0) is 92.8 Å². The number of para-hydroxylation sites is 1. The molecule has 0 fully saturated rings. The summed E-state index contributed by atoms with van der Waals surface area (Å²) in [5, 5.41) is 7.02. The van der Waals surface area contributed by atoms with E-state index in [2.05, 4.69) is 157 Å². The number of nitrogens with zero attached hydrogens (tertiary/aromatic N) is 2. The standard InChI is InChI=1S/C51H32N2O2/c1-3-12-33(13-4-1)42-18-9-10-20-46(42)53(39-28-29-41-37(30-39)23-22-34-14-7-8-17-40(34)41)38-26-24-35(25-27-38)43-19-11-21-47-50(43)44-31-45-49(32-48(44)54-47)55-51(52-45)36-15-5-2-6-16-36/h1-32H. The second-order valence-electron chi connectivity index (χ2n) is 13.9. The lowest BCUT2D eigenvalue weighted by molar-refractivity contribution is 0.617. The van der Waals surface area contributed by atoms with Crippen LogP contribution < -0.4 is 4.90 Å². The van der Waals surface area contributed by atoms with Crippen LogP contribution in [-0.2, 0) is 0 Å². The molecule has 0 saturated carbocycles. The molecule has 0 spiro atoms. The molecule has 9 aromatic carbocycles. The van der Waals surface area contributed by atoms with Crippen LogP contribution in [0.4, 0.5) is 17.1 Å². The summed E-state index contributed by atoms with van der Waals surface area (Å²) in [7, 11) is 0. The summed E-state index contributed by atoms with van der Waals surface area (Å²) in [5.41, 5.74) is 11.8. The van der Waals surface area contributed by atoms with E-state index >= 15 is 0 Å². The van der Waals surface area contributed by atoms with Crippen molar-refractivity contribution in [2.75, 3.05) is 4.90 Å². The van der Waals surface area contributed by atoms with Crippen molar-refractivity contribution in [1.82, 2.24) is 4.98 Å². The fourth-order valence-corrected chi connectivity index (χ4v) is 8.08. The number of hydrogen-bond acceptors (Lipinski definition) is 4. The fourth-order valence-electron chi connectivity index (χ4n) is 8.08. The van der Waals surface area contributed by atoms with E-state index in [0.717, 1.165) is 66.8 Å². The Bertz CT molecular complexity index is 3200. The number of aromatic nitrogens is 1. The van der Waals surface area contributed by atoms with Gasteiger partial charge in [0.15, 0.2) is 5.58 Å². The number of furan rings is 1. The summed E-state index contributed by atoms with van der Waals surface area (Å²) in [5.74, 6) is 0.599. The topological polar surface area (TPSA) is 42.4 Å². The van der Waals surface area contributed by atoms with Gasteiger partial charge in [-0.15, -0.1) is 0 Å². The Hall–Kier alpha value is -7.43. The highest BCUT2D eigenvalue weighted by Gasteiger charge is 2.20. The first kappa shape index (κ1) is 31.1. The number of fused-ring (bicyclic) bond motifs is 7. The number of benzene rings is 9. The van der Waals surface area contributed by atoms with E-state index in [-0.39, 0.29) is 0 Å². The van der Waals surface area contributed by atoms with E-state index in [1.807, 2.05) is 42.5 Å². The predicted molar refractivity (Wildman–Crippen MR) is 227 cm³/mol. The largest absolute Gasteiger partial charge is 0.456 e.